The van der Waals surface area contributed by atoms with Crippen molar-refractivity contribution in [2.75, 3.05) is 11.9 Å². The van der Waals surface area contributed by atoms with Crippen LogP contribution in [0.4, 0.5) is 5.82 Å². The first-order valence-corrected chi connectivity index (χ1v) is 7.81. The van der Waals surface area contributed by atoms with Crippen LogP contribution in [0.15, 0.2) is 12.3 Å². The van der Waals surface area contributed by atoms with E-state index >= 15 is 0 Å². The third-order valence-corrected chi connectivity index (χ3v) is 4.32. The molecule has 0 saturated heterocycles. The van der Waals surface area contributed by atoms with Gasteiger partial charge in [0.1, 0.15) is 17.3 Å². The van der Waals surface area contributed by atoms with Crippen LogP contribution in [-0.4, -0.2) is 31.7 Å². The molecule has 22 heavy (non-hydrogen) atoms. The van der Waals surface area contributed by atoms with Gasteiger partial charge < -0.3 is 10.3 Å². The molecule has 0 radical (unpaired) electrons. The SMILES string of the molecule is Cc1n[nH]c(C)c1CCNc1nc(C2CC2)nc2[nH]ccc12. The van der Waals surface area contributed by atoms with Crippen molar-refractivity contribution in [2.45, 2.75) is 39.0 Å². The van der Waals surface area contributed by atoms with Gasteiger partial charge in [-0.2, -0.15) is 5.10 Å². The molecule has 3 aromatic heterocycles. The molecule has 0 amide bonds. The van der Waals surface area contributed by atoms with Gasteiger partial charge in [0, 0.05) is 24.4 Å². The maximum absolute atomic E-state index is 4.73. The molecule has 3 heterocycles. The first-order chi connectivity index (χ1) is 10.7. The molecule has 6 nitrogen and oxygen atoms in total. The van der Waals surface area contributed by atoms with Crippen molar-refractivity contribution in [2.24, 2.45) is 0 Å². The highest BCUT2D eigenvalue weighted by Crippen LogP contribution is 2.39. The van der Waals surface area contributed by atoms with E-state index in [9.17, 15) is 0 Å². The first-order valence-electron chi connectivity index (χ1n) is 7.81. The molecule has 0 bridgehead atoms. The standard InChI is InChI=1S/C16H20N6/c1-9-12(10(2)22-21-9)5-7-17-15-13-6-8-18-16(13)20-14(19-15)11-3-4-11/h6,8,11H,3-5,7H2,1-2H3,(H,21,22)(H2,17,18,19,20). The summed E-state index contributed by atoms with van der Waals surface area (Å²) in [5.41, 5.74) is 4.43. The lowest BCUT2D eigenvalue weighted by Crippen LogP contribution is -2.09. The Morgan fingerprint density at radius 3 is 2.86 bits per heavy atom. The molecule has 1 fully saturated rings. The van der Waals surface area contributed by atoms with Gasteiger partial charge in [-0.1, -0.05) is 0 Å². The molecular formula is C16H20N6. The van der Waals surface area contributed by atoms with Crippen molar-refractivity contribution in [1.29, 1.82) is 0 Å². The third-order valence-electron chi connectivity index (χ3n) is 4.32. The fourth-order valence-corrected chi connectivity index (χ4v) is 2.87. The van der Waals surface area contributed by atoms with Crippen LogP contribution in [0.3, 0.4) is 0 Å². The molecule has 0 spiro atoms. The predicted molar refractivity (Wildman–Crippen MR) is 86.1 cm³/mol. The summed E-state index contributed by atoms with van der Waals surface area (Å²) >= 11 is 0. The highest BCUT2D eigenvalue weighted by molar-refractivity contribution is 5.87. The minimum atomic E-state index is 0.548. The van der Waals surface area contributed by atoms with Gasteiger partial charge >= 0.3 is 0 Å². The normalized spacial score (nSPS) is 14.6. The zero-order chi connectivity index (χ0) is 15.1. The Bertz CT molecular complexity index is 792. The van der Waals surface area contributed by atoms with Crippen molar-refractivity contribution < 1.29 is 0 Å². The minimum absolute atomic E-state index is 0.548. The molecular weight excluding hydrogens is 276 g/mol. The molecule has 0 aliphatic heterocycles. The zero-order valence-corrected chi connectivity index (χ0v) is 12.9. The molecule has 1 saturated carbocycles. The summed E-state index contributed by atoms with van der Waals surface area (Å²) in [5.74, 6) is 2.45. The molecule has 3 N–H and O–H groups in total. The second kappa shape index (κ2) is 5.12. The Labute approximate surface area is 128 Å². The number of anilines is 1. The van der Waals surface area contributed by atoms with Crippen LogP contribution in [0.5, 0.6) is 0 Å². The van der Waals surface area contributed by atoms with Crippen molar-refractivity contribution in [3.05, 3.63) is 35.0 Å². The molecule has 3 aromatic rings. The Morgan fingerprint density at radius 2 is 2.14 bits per heavy atom. The predicted octanol–water partition coefficient (Wildman–Crippen LogP) is 2.83. The van der Waals surface area contributed by atoms with E-state index < -0.39 is 0 Å². The number of hydrogen-bond donors (Lipinski definition) is 3. The second-order valence-corrected chi connectivity index (χ2v) is 6.03. The fraction of sp³-hybridized carbons (Fsp3) is 0.438. The topological polar surface area (TPSA) is 82.3 Å². The van der Waals surface area contributed by atoms with Crippen LogP contribution >= 0.6 is 0 Å². The highest BCUT2D eigenvalue weighted by Gasteiger charge is 2.27. The van der Waals surface area contributed by atoms with Gasteiger partial charge in [0.15, 0.2) is 0 Å². The second-order valence-electron chi connectivity index (χ2n) is 6.03. The van der Waals surface area contributed by atoms with Gasteiger partial charge in [0.05, 0.1) is 11.1 Å². The van der Waals surface area contributed by atoms with E-state index in [1.165, 1.54) is 18.4 Å². The van der Waals surface area contributed by atoms with E-state index in [0.717, 1.165) is 47.0 Å². The summed E-state index contributed by atoms with van der Waals surface area (Å²) in [5, 5.41) is 11.8. The Morgan fingerprint density at radius 1 is 1.27 bits per heavy atom. The molecule has 0 aromatic carbocycles. The van der Waals surface area contributed by atoms with Crippen molar-refractivity contribution in [1.82, 2.24) is 25.1 Å². The van der Waals surface area contributed by atoms with Crippen molar-refractivity contribution >= 4 is 16.9 Å². The molecule has 0 unspecified atom stereocenters. The molecule has 0 atom stereocenters. The summed E-state index contributed by atoms with van der Waals surface area (Å²) in [6.45, 7) is 4.94. The average Bonchev–Trinajstić information content (AvgIpc) is 3.18. The van der Waals surface area contributed by atoms with Gasteiger partial charge in [-0.25, -0.2) is 9.97 Å². The van der Waals surface area contributed by atoms with Crippen LogP contribution in [0.25, 0.3) is 11.0 Å². The summed E-state index contributed by atoms with van der Waals surface area (Å²) in [6.07, 6.45) is 5.27. The summed E-state index contributed by atoms with van der Waals surface area (Å²) in [4.78, 5) is 12.6. The van der Waals surface area contributed by atoms with Crippen LogP contribution in [-0.2, 0) is 6.42 Å². The number of nitrogens with zero attached hydrogens (tertiary/aromatic N) is 3. The lowest BCUT2D eigenvalue weighted by atomic mass is 10.1. The van der Waals surface area contributed by atoms with Crippen LogP contribution in [0, 0.1) is 13.8 Å². The minimum Gasteiger partial charge on any atom is -0.369 e. The fourth-order valence-electron chi connectivity index (χ4n) is 2.87. The van der Waals surface area contributed by atoms with E-state index in [2.05, 4.69) is 32.4 Å². The molecule has 1 aliphatic rings. The van der Waals surface area contributed by atoms with Gasteiger partial charge in [0.25, 0.3) is 0 Å². The molecule has 114 valence electrons. The van der Waals surface area contributed by atoms with Crippen LogP contribution < -0.4 is 5.32 Å². The quantitative estimate of drug-likeness (QED) is 0.676. The number of hydrogen-bond acceptors (Lipinski definition) is 4. The van der Waals surface area contributed by atoms with Gasteiger partial charge in [0.2, 0.25) is 0 Å². The number of aromatic amines is 2. The summed E-state index contributed by atoms with van der Waals surface area (Å²) < 4.78 is 0. The van der Waals surface area contributed by atoms with E-state index in [1.807, 2.05) is 19.2 Å². The van der Waals surface area contributed by atoms with Gasteiger partial charge in [-0.05, 0) is 44.7 Å². The number of aryl methyl sites for hydroxylation is 2. The Kier molecular flexibility index (Phi) is 3.10. The molecule has 1 aliphatic carbocycles. The number of nitrogens with one attached hydrogen (secondary N) is 3. The lowest BCUT2D eigenvalue weighted by molar-refractivity contribution is 0.927. The highest BCUT2D eigenvalue weighted by atomic mass is 15.1. The number of H-pyrrole nitrogens is 2. The zero-order valence-electron chi connectivity index (χ0n) is 12.9. The average molecular weight is 296 g/mol. The Hall–Kier alpha value is -2.37. The van der Waals surface area contributed by atoms with Crippen LogP contribution in [0.2, 0.25) is 0 Å². The smallest absolute Gasteiger partial charge is 0.143 e. The number of fused-ring (bicyclic) bond motifs is 1. The maximum Gasteiger partial charge on any atom is 0.143 e. The summed E-state index contributed by atoms with van der Waals surface area (Å²) in [6, 6.07) is 2.03. The van der Waals surface area contributed by atoms with Gasteiger partial charge in [-0.3, -0.25) is 5.10 Å². The largest absolute Gasteiger partial charge is 0.369 e. The third kappa shape index (κ3) is 2.34. The number of aromatic nitrogens is 5. The monoisotopic (exact) mass is 296 g/mol. The maximum atomic E-state index is 4.73. The van der Waals surface area contributed by atoms with E-state index in [1.54, 1.807) is 0 Å². The molecule has 4 rings (SSSR count). The summed E-state index contributed by atoms with van der Waals surface area (Å²) in [7, 11) is 0. The van der Waals surface area contributed by atoms with Crippen LogP contribution in [0.1, 0.15) is 41.5 Å². The van der Waals surface area contributed by atoms with Crippen molar-refractivity contribution in [3.8, 4) is 0 Å². The Balaban J connectivity index is 1.54. The molecule has 6 heteroatoms. The van der Waals surface area contributed by atoms with Gasteiger partial charge in [-0.15, -0.1) is 0 Å². The van der Waals surface area contributed by atoms with E-state index in [-0.39, 0.29) is 0 Å². The number of rotatable bonds is 5. The van der Waals surface area contributed by atoms with E-state index in [0.29, 0.717) is 5.92 Å². The first kappa shape index (κ1) is 13.3. The van der Waals surface area contributed by atoms with E-state index in [4.69, 9.17) is 4.98 Å². The van der Waals surface area contributed by atoms with Crippen molar-refractivity contribution in [3.63, 3.8) is 0 Å². The lowest BCUT2D eigenvalue weighted by Gasteiger charge is -2.09.